The number of pyridine rings is 1. The second-order valence-corrected chi connectivity index (χ2v) is 4.37. The largest absolute Gasteiger partial charge is 0.386 e. The van der Waals surface area contributed by atoms with Gasteiger partial charge in [-0.15, -0.1) is 0 Å². The average molecular weight is 248 g/mol. The van der Waals surface area contributed by atoms with E-state index in [0.29, 0.717) is 25.3 Å². The molecule has 7 nitrogen and oxygen atoms in total. The molecular formula is C11H12N4O3. The molecule has 0 unspecified atom stereocenters. The van der Waals surface area contributed by atoms with Crippen LogP contribution in [0.1, 0.15) is 18.9 Å². The molecule has 0 spiro atoms. The molecule has 0 bridgehead atoms. The average Bonchev–Trinajstić information content (AvgIpc) is 2.34. The molecule has 1 fully saturated rings. The Morgan fingerprint density at radius 2 is 2.39 bits per heavy atom. The van der Waals surface area contributed by atoms with Gasteiger partial charge in [0.1, 0.15) is 23.6 Å². The second-order valence-electron chi connectivity index (χ2n) is 4.37. The Morgan fingerprint density at radius 3 is 2.89 bits per heavy atom. The van der Waals surface area contributed by atoms with E-state index >= 15 is 0 Å². The van der Waals surface area contributed by atoms with Gasteiger partial charge in [0.2, 0.25) is 0 Å². The van der Waals surface area contributed by atoms with Crippen LogP contribution in [0.25, 0.3) is 0 Å². The first-order valence-electron chi connectivity index (χ1n) is 5.51. The Hall–Kier alpha value is -2.20. The van der Waals surface area contributed by atoms with Crippen molar-refractivity contribution in [2.45, 2.75) is 18.9 Å². The Labute approximate surface area is 103 Å². The molecule has 2 rings (SSSR count). The Morgan fingerprint density at radius 1 is 1.72 bits per heavy atom. The first-order valence-corrected chi connectivity index (χ1v) is 5.51. The van der Waals surface area contributed by atoms with Crippen molar-refractivity contribution in [1.82, 2.24) is 4.98 Å². The van der Waals surface area contributed by atoms with Crippen LogP contribution in [0.5, 0.6) is 0 Å². The van der Waals surface area contributed by atoms with Gasteiger partial charge in [-0.3, -0.25) is 10.1 Å². The quantitative estimate of drug-likeness (QED) is 0.627. The summed E-state index contributed by atoms with van der Waals surface area (Å²) in [5, 5.41) is 29.5. The van der Waals surface area contributed by atoms with Crippen LogP contribution in [0.15, 0.2) is 12.3 Å². The van der Waals surface area contributed by atoms with Crippen LogP contribution in [0.3, 0.4) is 0 Å². The van der Waals surface area contributed by atoms with Gasteiger partial charge >= 0.3 is 0 Å². The van der Waals surface area contributed by atoms with Crippen LogP contribution in [0, 0.1) is 21.4 Å². The predicted octanol–water partition coefficient (Wildman–Crippen LogP) is 0.823. The maximum Gasteiger partial charge on any atom is 0.289 e. The maximum absolute atomic E-state index is 10.6. The predicted molar refractivity (Wildman–Crippen MR) is 63.1 cm³/mol. The van der Waals surface area contributed by atoms with Gasteiger partial charge in [0.15, 0.2) is 0 Å². The zero-order valence-corrected chi connectivity index (χ0v) is 9.83. The summed E-state index contributed by atoms with van der Waals surface area (Å²) < 4.78 is 0. The molecule has 1 N–H and O–H groups in total. The molecule has 7 heteroatoms. The van der Waals surface area contributed by atoms with E-state index in [9.17, 15) is 15.2 Å². The molecule has 0 saturated carbocycles. The van der Waals surface area contributed by atoms with Crippen molar-refractivity contribution in [1.29, 1.82) is 5.26 Å². The van der Waals surface area contributed by atoms with Crippen molar-refractivity contribution in [3.8, 4) is 6.07 Å². The van der Waals surface area contributed by atoms with Crippen LogP contribution in [0.4, 0.5) is 11.5 Å². The summed E-state index contributed by atoms with van der Waals surface area (Å²) in [6, 6.07) is 3.10. The van der Waals surface area contributed by atoms with Crippen molar-refractivity contribution in [2.24, 2.45) is 0 Å². The highest BCUT2D eigenvalue weighted by atomic mass is 16.6. The lowest BCUT2D eigenvalue weighted by Crippen LogP contribution is -2.62. The van der Waals surface area contributed by atoms with Gasteiger partial charge < -0.3 is 10.0 Å². The van der Waals surface area contributed by atoms with Crippen molar-refractivity contribution in [2.75, 3.05) is 18.0 Å². The third-order valence-corrected chi connectivity index (χ3v) is 3.11. The first kappa shape index (κ1) is 12.3. The molecule has 0 aliphatic carbocycles. The Balaban J connectivity index is 2.26. The molecule has 1 saturated heterocycles. The van der Waals surface area contributed by atoms with E-state index in [1.165, 1.54) is 6.07 Å². The van der Waals surface area contributed by atoms with Crippen molar-refractivity contribution >= 4 is 11.5 Å². The van der Waals surface area contributed by atoms with E-state index in [4.69, 9.17) is 5.26 Å². The summed E-state index contributed by atoms with van der Waals surface area (Å²) in [5.41, 5.74) is -0.792. The number of nitriles is 1. The monoisotopic (exact) mass is 248 g/mol. The molecule has 0 amide bonds. The molecule has 2 heterocycles. The fourth-order valence-corrected chi connectivity index (χ4v) is 1.92. The number of β-amino-alcohol motifs (C(OH)–C–C–N with tert-alkyl or cyclic N) is 1. The smallest absolute Gasteiger partial charge is 0.289 e. The SMILES string of the molecule is CCC1(O)CN(c2ncc([N+](=O)[O-])cc2C#N)C1. The van der Waals surface area contributed by atoms with E-state index < -0.39 is 10.5 Å². The fraction of sp³-hybridized carbons (Fsp3) is 0.455. The van der Waals surface area contributed by atoms with E-state index in [1.54, 1.807) is 4.90 Å². The van der Waals surface area contributed by atoms with Gasteiger partial charge in [-0.1, -0.05) is 6.92 Å². The number of hydrogen-bond acceptors (Lipinski definition) is 6. The lowest BCUT2D eigenvalue weighted by molar-refractivity contribution is -0.385. The minimum absolute atomic E-state index is 0.155. The third-order valence-electron chi connectivity index (χ3n) is 3.11. The summed E-state index contributed by atoms with van der Waals surface area (Å²) in [4.78, 5) is 15.7. The minimum atomic E-state index is -0.740. The summed E-state index contributed by atoms with van der Waals surface area (Å²) in [7, 11) is 0. The number of aliphatic hydroxyl groups is 1. The number of anilines is 1. The molecule has 0 radical (unpaired) electrons. The molecule has 0 aromatic carbocycles. The molecule has 0 atom stereocenters. The minimum Gasteiger partial charge on any atom is -0.386 e. The molecule has 1 aliphatic heterocycles. The standard InChI is InChI=1S/C11H12N4O3/c1-2-11(16)6-14(7-11)10-8(4-12)3-9(5-13-10)15(17)18/h3,5,16H,2,6-7H2,1H3. The van der Waals surface area contributed by atoms with E-state index in [-0.39, 0.29) is 11.3 Å². The molecular weight excluding hydrogens is 236 g/mol. The summed E-state index contributed by atoms with van der Waals surface area (Å²) in [6.45, 7) is 2.66. The highest BCUT2D eigenvalue weighted by Crippen LogP contribution is 2.31. The summed E-state index contributed by atoms with van der Waals surface area (Å²) >= 11 is 0. The second kappa shape index (κ2) is 4.23. The molecule has 1 aromatic heterocycles. The lowest BCUT2D eigenvalue weighted by atomic mass is 9.91. The van der Waals surface area contributed by atoms with Gasteiger partial charge in [-0.2, -0.15) is 5.26 Å². The van der Waals surface area contributed by atoms with Crippen LogP contribution in [0.2, 0.25) is 0 Å². The number of nitro groups is 1. The highest BCUT2D eigenvalue weighted by Gasteiger charge is 2.41. The van der Waals surface area contributed by atoms with Gasteiger partial charge in [0, 0.05) is 6.07 Å². The summed E-state index contributed by atoms with van der Waals surface area (Å²) in [5.74, 6) is 0.390. The molecule has 18 heavy (non-hydrogen) atoms. The Bertz CT molecular complexity index is 532. The van der Waals surface area contributed by atoms with Crippen LogP contribution >= 0.6 is 0 Å². The van der Waals surface area contributed by atoms with E-state index in [0.717, 1.165) is 6.20 Å². The van der Waals surface area contributed by atoms with Crippen LogP contribution in [-0.4, -0.2) is 33.7 Å². The topological polar surface area (TPSA) is 103 Å². The third kappa shape index (κ3) is 1.98. The normalized spacial score (nSPS) is 16.8. The number of aromatic nitrogens is 1. The molecule has 1 aliphatic rings. The zero-order chi connectivity index (χ0) is 13.3. The fourth-order valence-electron chi connectivity index (χ4n) is 1.92. The zero-order valence-electron chi connectivity index (χ0n) is 9.83. The van der Waals surface area contributed by atoms with Crippen molar-refractivity contribution in [3.63, 3.8) is 0 Å². The van der Waals surface area contributed by atoms with E-state index in [2.05, 4.69) is 4.98 Å². The van der Waals surface area contributed by atoms with Crippen LogP contribution < -0.4 is 4.90 Å². The maximum atomic E-state index is 10.6. The van der Waals surface area contributed by atoms with Gasteiger partial charge in [0.05, 0.1) is 23.6 Å². The van der Waals surface area contributed by atoms with Crippen LogP contribution in [-0.2, 0) is 0 Å². The molecule has 94 valence electrons. The van der Waals surface area contributed by atoms with E-state index in [1.807, 2.05) is 13.0 Å². The number of hydrogen-bond donors (Lipinski definition) is 1. The van der Waals surface area contributed by atoms with Gasteiger partial charge in [0.25, 0.3) is 5.69 Å². The van der Waals surface area contributed by atoms with Gasteiger partial charge in [-0.25, -0.2) is 4.98 Å². The van der Waals surface area contributed by atoms with Crippen molar-refractivity contribution in [3.05, 3.63) is 27.9 Å². The molecule has 1 aromatic rings. The summed E-state index contributed by atoms with van der Waals surface area (Å²) in [6.07, 6.45) is 1.75. The number of nitrogens with zero attached hydrogens (tertiary/aromatic N) is 4. The highest BCUT2D eigenvalue weighted by molar-refractivity contribution is 5.59. The lowest BCUT2D eigenvalue weighted by Gasteiger charge is -2.46. The Kier molecular flexibility index (Phi) is 2.88. The van der Waals surface area contributed by atoms with Crippen molar-refractivity contribution < 1.29 is 10.0 Å². The van der Waals surface area contributed by atoms with Gasteiger partial charge in [-0.05, 0) is 6.42 Å². The first-order chi connectivity index (χ1) is 8.49. The number of rotatable bonds is 3.